The van der Waals surface area contributed by atoms with Crippen molar-refractivity contribution in [2.24, 2.45) is 0 Å². The van der Waals surface area contributed by atoms with Gasteiger partial charge in [0.05, 0.1) is 18.5 Å². The minimum absolute atomic E-state index is 0.128. The van der Waals surface area contributed by atoms with Gasteiger partial charge in [-0.1, -0.05) is 60.7 Å². The minimum Gasteiger partial charge on any atom is -0.469 e. The third-order valence-corrected chi connectivity index (χ3v) is 3.40. The van der Waals surface area contributed by atoms with Gasteiger partial charge in [-0.15, -0.1) is 0 Å². The van der Waals surface area contributed by atoms with Crippen molar-refractivity contribution in [3.63, 3.8) is 0 Å². The van der Waals surface area contributed by atoms with Gasteiger partial charge in [0.25, 0.3) is 0 Å². The third kappa shape index (κ3) is 6.66. The Morgan fingerprint density at radius 2 is 1.48 bits per heavy atom. The second-order valence-corrected chi connectivity index (χ2v) is 6.24. The van der Waals surface area contributed by atoms with Crippen LogP contribution in [0.25, 0.3) is 22.5 Å². The average molecular weight is 390 g/mol. The molecule has 0 bridgehead atoms. The molecule has 3 rings (SSSR count). The smallest absolute Gasteiger partial charge is 0.394 e. The fourth-order valence-electron chi connectivity index (χ4n) is 2.33. The lowest BCUT2D eigenvalue weighted by Gasteiger charge is -2.02. The number of nitrogens with zero attached hydrogens (tertiary/aromatic N) is 1. The summed E-state index contributed by atoms with van der Waals surface area (Å²) < 4.78 is 36.3. The quantitative estimate of drug-likeness (QED) is 0.461. The summed E-state index contributed by atoms with van der Waals surface area (Å²) in [5.41, 5.74) is 3.79. The number of hydrogen-bond donors (Lipinski definition) is 3. The van der Waals surface area contributed by atoms with Crippen LogP contribution in [0.1, 0.15) is 5.82 Å². The van der Waals surface area contributed by atoms with E-state index in [-0.39, 0.29) is 12.4 Å². The number of imidazole rings is 1. The summed E-state index contributed by atoms with van der Waals surface area (Å²) in [6, 6.07) is 19.9. The molecule has 1 aromatic heterocycles. The molecule has 3 aromatic rings. The van der Waals surface area contributed by atoms with Crippen molar-refractivity contribution in [2.75, 3.05) is 7.11 Å². The van der Waals surface area contributed by atoms with Gasteiger partial charge in [-0.05, 0) is 0 Å². The van der Waals surface area contributed by atoms with E-state index in [0.29, 0.717) is 5.82 Å². The topological polar surface area (TPSA) is 130 Å². The number of carbonyl (C=O) groups is 1. The second-order valence-electron chi connectivity index (χ2n) is 5.34. The van der Waals surface area contributed by atoms with E-state index < -0.39 is 10.4 Å². The van der Waals surface area contributed by atoms with Gasteiger partial charge in [-0.25, -0.2) is 4.98 Å². The van der Waals surface area contributed by atoms with Crippen LogP contribution in [0.2, 0.25) is 0 Å². The molecule has 0 fully saturated rings. The van der Waals surface area contributed by atoms with Crippen molar-refractivity contribution in [3.8, 4) is 22.5 Å². The molecule has 3 N–H and O–H groups in total. The van der Waals surface area contributed by atoms with Crippen LogP contribution < -0.4 is 0 Å². The summed E-state index contributed by atoms with van der Waals surface area (Å²) in [4.78, 5) is 19.3. The number of hydrogen-bond acceptors (Lipinski definition) is 5. The third-order valence-electron chi connectivity index (χ3n) is 3.40. The van der Waals surface area contributed by atoms with Crippen LogP contribution in [-0.4, -0.2) is 40.6 Å². The van der Waals surface area contributed by atoms with Gasteiger partial charge in [0.1, 0.15) is 12.2 Å². The molecule has 0 aliphatic carbocycles. The molecule has 9 heteroatoms. The van der Waals surface area contributed by atoms with E-state index in [0.717, 1.165) is 22.5 Å². The van der Waals surface area contributed by atoms with Crippen LogP contribution in [0.3, 0.4) is 0 Å². The number of aromatic amines is 1. The zero-order chi connectivity index (χ0) is 19.9. The second kappa shape index (κ2) is 9.08. The number of nitrogens with one attached hydrogen (secondary N) is 1. The summed E-state index contributed by atoms with van der Waals surface area (Å²) in [6.45, 7) is 0. The first-order valence-electron chi connectivity index (χ1n) is 7.74. The van der Waals surface area contributed by atoms with Crippen molar-refractivity contribution in [1.82, 2.24) is 9.97 Å². The molecule has 142 valence electrons. The molecule has 0 unspecified atom stereocenters. The Kier molecular flexibility index (Phi) is 6.83. The van der Waals surface area contributed by atoms with Crippen LogP contribution in [-0.2, 0) is 26.4 Å². The maximum atomic E-state index is 11.5. The van der Waals surface area contributed by atoms with E-state index in [4.69, 9.17) is 22.3 Å². The van der Waals surface area contributed by atoms with Gasteiger partial charge in [0.15, 0.2) is 0 Å². The fourth-order valence-corrected chi connectivity index (χ4v) is 2.33. The van der Waals surface area contributed by atoms with E-state index in [9.17, 15) is 4.79 Å². The molecule has 27 heavy (non-hydrogen) atoms. The molecular formula is C18H18N2O6S. The number of ether oxygens (including phenoxy) is 1. The molecule has 0 spiro atoms. The highest BCUT2D eigenvalue weighted by Gasteiger charge is 2.15. The normalized spacial score (nSPS) is 10.6. The summed E-state index contributed by atoms with van der Waals surface area (Å²) in [5.74, 6) is 0.289. The van der Waals surface area contributed by atoms with Crippen molar-refractivity contribution in [2.45, 2.75) is 6.42 Å². The Hall–Kier alpha value is -3.01. The monoisotopic (exact) mass is 390 g/mol. The Morgan fingerprint density at radius 3 is 1.96 bits per heavy atom. The highest BCUT2D eigenvalue weighted by atomic mass is 32.3. The molecule has 0 saturated carbocycles. The molecule has 0 radical (unpaired) electrons. The molecule has 2 aromatic carbocycles. The number of methoxy groups -OCH3 is 1. The molecule has 0 aliphatic rings. The van der Waals surface area contributed by atoms with Crippen molar-refractivity contribution >= 4 is 16.4 Å². The zero-order valence-corrected chi connectivity index (χ0v) is 15.2. The number of H-pyrrole nitrogens is 1. The van der Waals surface area contributed by atoms with Crippen molar-refractivity contribution < 1.29 is 27.1 Å². The van der Waals surface area contributed by atoms with E-state index >= 15 is 0 Å². The van der Waals surface area contributed by atoms with Gasteiger partial charge >= 0.3 is 16.4 Å². The largest absolute Gasteiger partial charge is 0.469 e. The van der Waals surface area contributed by atoms with Crippen LogP contribution in [0.15, 0.2) is 60.7 Å². The van der Waals surface area contributed by atoms with Crippen LogP contribution >= 0.6 is 0 Å². The SMILES string of the molecule is COC(=O)Cc1nc(-c2ccccc2)c(-c2ccccc2)[nH]1.O=S(=O)(O)O. The summed E-state index contributed by atoms with van der Waals surface area (Å²) in [5, 5.41) is 0. The van der Waals surface area contributed by atoms with Crippen molar-refractivity contribution in [3.05, 3.63) is 66.5 Å². The van der Waals surface area contributed by atoms with Gasteiger partial charge in [0.2, 0.25) is 0 Å². The maximum absolute atomic E-state index is 11.5. The first-order chi connectivity index (χ1) is 12.8. The van der Waals surface area contributed by atoms with Crippen LogP contribution in [0.5, 0.6) is 0 Å². The number of rotatable bonds is 4. The summed E-state index contributed by atoms with van der Waals surface area (Å²) >= 11 is 0. The highest BCUT2D eigenvalue weighted by Crippen LogP contribution is 2.30. The number of carbonyl (C=O) groups excluding carboxylic acids is 1. The Morgan fingerprint density at radius 1 is 1.00 bits per heavy atom. The van der Waals surface area contributed by atoms with Crippen LogP contribution in [0, 0.1) is 0 Å². The molecule has 0 atom stereocenters. The molecule has 0 amide bonds. The number of benzene rings is 2. The lowest BCUT2D eigenvalue weighted by atomic mass is 10.1. The fraction of sp³-hybridized carbons (Fsp3) is 0.111. The lowest BCUT2D eigenvalue weighted by molar-refractivity contribution is -0.139. The molecule has 0 aliphatic heterocycles. The molecule has 8 nitrogen and oxygen atoms in total. The van der Waals surface area contributed by atoms with E-state index in [2.05, 4.69) is 9.97 Å². The Balaban J connectivity index is 0.000000465. The first-order valence-corrected chi connectivity index (χ1v) is 9.14. The van der Waals surface area contributed by atoms with E-state index in [1.165, 1.54) is 7.11 Å². The average Bonchev–Trinajstić information content (AvgIpc) is 3.05. The van der Waals surface area contributed by atoms with Gasteiger partial charge in [-0.2, -0.15) is 8.42 Å². The van der Waals surface area contributed by atoms with E-state index in [1.54, 1.807) is 0 Å². The van der Waals surface area contributed by atoms with Crippen molar-refractivity contribution in [1.29, 1.82) is 0 Å². The standard InChI is InChI=1S/C18H16N2O2.H2O4S/c1-22-16(21)12-15-19-17(13-8-4-2-5-9-13)18(20-15)14-10-6-3-7-11-14;1-5(2,3)4/h2-11H,12H2,1H3,(H,19,20);(H2,1,2,3,4). The maximum Gasteiger partial charge on any atom is 0.394 e. The van der Waals surface area contributed by atoms with Gasteiger partial charge in [-0.3, -0.25) is 13.9 Å². The van der Waals surface area contributed by atoms with Crippen LogP contribution in [0.4, 0.5) is 0 Å². The zero-order valence-electron chi connectivity index (χ0n) is 14.4. The lowest BCUT2D eigenvalue weighted by Crippen LogP contribution is -2.05. The minimum atomic E-state index is -4.67. The Bertz CT molecular complexity index is 920. The number of esters is 1. The van der Waals surface area contributed by atoms with Gasteiger partial charge in [0, 0.05) is 11.1 Å². The van der Waals surface area contributed by atoms with E-state index in [1.807, 2.05) is 60.7 Å². The molecule has 1 heterocycles. The Labute approximate surface area is 156 Å². The summed E-state index contributed by atoms with van der Waals surface area (Å²) in [6.07, 6.45) is 0.128. The first kappa shape index (κ1) is 20.3. The summed E-state index contributed by atoms with van der Waals surface area (Å²) in [7, 11) is -3.29. The predicted octanol–water partition coefficient (Wildman–Crippen LogP) is 2.81. The highest BCUT2D eigenvalue weighted by molar-refractivity contribution is 7.79. The predicted molar refractivity (Wildman–Crippen MR) is 99.4 cm³/mol. The van der Waals surface area contributed by atoms with Gasteiger partial charge < -0.3 is 9.72 Å². The number of aromatic nitrogens is 2. The molecule has 0 saturated heterocycles. The molecular weight excluding hydrogens is 372 g/mol.